The fourth-order valence-corrected chi connectivity index (χ4v) is 2.54. The highest BCUT2D eigenvalue weighted by atomic mass is 16.5. The molecule has 2 rings (SSSR count). The van der Waals surface area contributed by atoms with Crippen molar-refractivity contribution < 1.29 is 9.53 Å². The van der Waals surface area contributed by atoms with Gasteiger partial charge >= 0.3 is 0 Å². The minimum absolute atomic E-state index is 0.132. The molecule has 1 aliphatic heterocycles. The van der Waals surface area contributed by atoms with Crippen LogP contribution in [-0.2, 0) is 9.53 Å². The molecular formula is C14H22N4O2. The summed E-state index contributed by atoms with van der Waals surface area (Å²) in [5.41, 5.74) is 0.953. The van der Waals surface area contributed by atoms with Gasteiger partial charge in [0.05, 0.1) is 12.3 Å². The van der Waals surface area contributed by atoms with Crippen molar-refractivity contribution in [3.8, 4) is 0 Å². The van der Waals surface area contributed by atoms with E-state index in [4.69, 9.17) is 4.74 Å². The van der Waals surface area contributed by atoms with Gasteiger partial charge in [-0.2, -0.15) is 0 Å². The quantitative estimate of drug-likeness (QED) is 0.821. The van der Waals surface area contributed by atoms with Crippen LogP contribution < -0.4 is 5.32 Å². The number of ether oxygens (including phenoxy) is 1. The van der Waals surface area contributed by atoms with Crippen molar-refractivity contribution in [2.24, 2.45) is 0 Å². The first-order valence-corrected chi connectivity index (χ1v) is 7.01. The highest BCUT2D eigenvalue weighted by molar-refractivity contribution is 5.73. The molecule has 1 saturated heterocycles. The molecular weight excluding hydrogens is 256 g/mol. The van der Waals surface area contributed by atoms with Crippen LogP contribution in [0.25, 0.3) is 0 Å². The van der Waals surface area contributed by atoms with Gasteiger partial charge in [-0.25, -0.2) is 4.98 Å². The maximum absolute atomic E-state index is 11.5. The maximum Gasteiger partial charge on any atom is 0.219 e. The Hall–Kier alpha value is -1.69. The number of carbonyl (C=O) groups is 1. The van der Waals surface area contributed by atoms with Gasteiger partial charge in [0, 0.05) is 52.0 Å². The van der Waals surface area contributed by atoms with E-state index in [0.29, 0.717) is 13.2 Å². The van der Waals surface area contributed by atoms with Gasteiger partial charge in [-0.3, -0.25) is 9.78 Å². The van der Waals surface area contributed by atoms with E-state index in [0.717, 1.165) is 37.4 Å². The van der Waals surface area contributed by atoms with Crippen LogP contribution in [0.4, 0.5) is 5.82 Å². The Kier molecular flexibility index (Phi) is 5.29. The molecule has 0 aromatic carbocycles. The number of aromatic nitrogens is 2. The monoisotopic (exact) mass is 278 g/mol. The lowest BCUT2D eigenvalue weighted by Gasteiger charge is -2.32. The van der Waals surface area contributed by atoms with E-state index in [-0.39, 0.29) is 11.8 Å². The molecule has 1 amide bonds. The number of carbonyl (C=O) groups excluding carboxylic acids is 1. The summed E-state index contributed by atoms with van der Waals surface area (Å²) in [6, 6.07) is 0. The average Bonchev–Trinajstić information content (AvgIpc) is 2.48. The number of methoxy groups -OCH3 is 1. The summed E-state index contributed by atoms with van der Waals surface area (Å²) < 4.78 is 5.03. The topological polar surface area (TPSA) is 67.3 Å². The second kappa shape index (κ2) is 7.19. The van der Waals surface area contributed by atoms with Crippen molar-refractivity contribution >= 4 is 11.7 Å². The highest BCUT2D eigenvalue weighted by Crippen LogP contribution is 2.29. The summed E-state index contributed by atoms with van der Waals surface area (Å²) in [5, 5.41) is 3.25. The Morgan fingerprint density at radius 2 is 2.30 bits per heavy atom. The van der Waals surface area contributed by atoms with Gasteiger partial charge in [0.2, 0.25) is 5.91 Å². The molecule has 0 bridgehead atoms. The number of anilines is 1. The summed E-state index contributed by atoms with van der Waals surface area (Å²) in [6.07, 6.45) is 5.45. The van der Waals surface area contributed by atoms with Crippen molar-refractivity contribution in [2.75, 3.05) is 38.7 Å². The lowest BCUT2D eigenvalue weighted by atomic mass is 9.94. The van der Waals surface area contributed by atoms with Crippen LogP contribution in [0.15, 0.2) is 12.4 Å². The number of piperidine rings is 1. The van der Waals surface area contributed by atoms with E-state index >= 15 is 0 Å². The van der Waals surface area contributed by atoms with E-state index in [9.17, 15) is 4.79 Å². The molecule has 0 aliphatic carbocycles. The Morgan fingerprint density at radius 1 is 1.50 bits per heavy atom. The highest BCUT2D eigenvalue weighted by Gasteiger charge is 2.26. The second-order valence-corrected chi connectivity index (χ2v) is 5.01. The zero-order valence-electron chi connectivity index (χ0n) is 12.1. The van der Waals surface area contributed by atoms with Gasteiger partial charge in [0.25, 0.3) is 0 Å². The fourth-order valence-electron chi connectivity index (χ4n) is 2.54. The van der Waals surface area contributed by atoms with Gasteiger partial charge in [-0.15, -0.1) is 0 Å². The number of hydrogen-bond acceptors (Lipinski definition) is 5. The van der Waals surface area contributed by atoms with E-state index in [1.807, 2.05) is 4.90 Å². The third-order valence-electron chi connectivity index (χ3n) is 3.58. The minimum atomic E-state index is 0.132. The van der Waals surface area contributed by atoms with Gasteiger partial charge < -0.3 is 15.0 Å². The smallest absolute Gasteiger partial charge is 0.219 e. The Balaban J connectivity index is 2.08. The van der Waals surface area contributed by atoms with Gasteiger partial charge in [0.1, 0.15) is 5.82 Å². The first-order valence-electron chi connectivity index (χ1n) is 7.01. The molecule has 0 unspecified atom stereocenters. The summed E-state index contributed by atoms with van der Waals surface area (Å²) in [6.45, 7) is 4.52. The molecule has 1 aromatic rings. The Morgan fingerprint density at radius 3 is 3.05 bits per heavy atom. The van der Waals surface area contributed by atoms with Crippen molar-refractivity contribution in [3.05, 3.63) is 18.1 Å². The van der Waals surface area contributed by atoms with Crippen LogP contribution in [0, 0.1) is 0 Å². The number of nitrogens with zero attached hydrogens (tertiary/aromatic N) is 3. The number of hydrogen-bond donors (Lipinski definition) is 1. The standard InChI is InChI=1S/C14H22N4O2/c1-11(19)18-8-3-4-12(10-18)13-14(16-6-5-15-13)17-7-9-20-2/h5-6,12H,3-4,7-10H2,1-2H3,(H,16,17)/t12-/m1/s1. The van der Waals surface area contributed by atoms with Crippen LogP contribution in [-0.4, -0.2) is 54.1 Å². The number of nitrogens with one attached hydrogen (secondary N) is 1. The van der Waals surface area contributed by atoms with Crippen molar-refractivity contribution in [1.82, 2.24) is 14.9 Å². The molecule has 6 heteroatoms. The molecule has 110 valence electrons. The lowest BCUT2D eigenvalue weighted by molar-refractivity contribution is -0.130. The van der Waals surface area contributed by atoms with E-state index < -0.39 is 0 Å². The zero-order chi connectivity index (χ0) is 14.4. The normalized spacial score (nSPS) is 18.9. The minimum Gasteiger partial charge on any atom is -0.383 e. The molecule has 1 N–H and O–H groups in total. The SMILES string of the molecule is COCCNc1nccnc1[C@@H]1CCCN(C(C)=O)C1. The predicted molar refractivity (Wildman–Crippen MR) is 76.6 cm³/mol. The van der Waals surface area contributed by atoms with Crippen LogP contribution >= 0.6 is 0 Å². The molecule has 2 heterocycles. The Bertz CT molecular complexity index is 453. The molecule has 6 nitrogen and oxygen atoms in total. The largest absolute Gasteiger partial charge is 0.383 e. The van der Waals surface area contributed by atoms with E-state index in [1.54, 1.807) is 26.4 Å². The predicted octanol–water partition coefficient (Wildman–Crippen LogP) is 1.26. The molecule has 0 saturated carbocycles. The van der Waals surface area contributed by atoms with Crippen LogP contribution in [0.3, 0.4) is 0 Å². The fraction of sp³-hybridized carbons (Fsp3) is 0.643. The molecule has 1 aliphatic rings. The molecule has 1 aromatic heterocycles. The summed E-state index contributed by atoms with van der Waals surface area (Å²) in [7, 11) is 1.67. The average molecular weight is 278 g/mol. The van der Waals surface area contributed by atoms with Gasteiger partial charge in [-0.1, -0.05) is 0 Å². The van der Waals surface area contributed by atoms with Gasteiger partial charge in [-0.05, 0) is 12.8 Å². The third-order valence-corrected chi connectivity index (χ3v) is 3.58. The van der Waals surface area contributed by atoms with Crippen molar-refractivity contribution in [1.29, 1.82) is 0 Å². The summed E-state index contributed by atoms with van der Waals surface area (Å²) in [4.78, 5) is 22.3. The first-order chi connectivity index (χ1) is 9.72. The molecule has 1 fully saturated rings. The molecule has 0 radical (unpaired) electrons. The summed E-state index contributed by atoms with van der Waals surface area (Å²) in [5.74, 6) is 1.19. The number of rotatable bonds is 5. The summed E-state index contributed by atoms with van der Waals surface area (Å²) >= 11 is 0. The third kappa shape index (κ3) is 3.66. The molecule has 0 spiro atoms. The molecule has 1 atom stereocenters. The van der Waals surface area contributed by atoms with E-state index in [1.165, 1.54) is 0 Å². The van der Waals surface area contributed by atoms with Crippen LogP contribution in [0.1, 0.15) is 31.4 Å². The van der Waals surface area contributed by atoms with Gasteiger partial charge in [0.15, 0.2) is 0 Å². The van der Waals surface area contributed by atoms with Crippen LogP contribution in [0.2, 0.25) is 0 Å². The lowest BCUT2D eigenvalue weighted by Crippen LogP contribution is -2.38. The van der Waals surface area contributed by atoms with Crippen molar-refractivity contribution in [2.45, 2.75) is 25.7 Å². The maximum atomic E-state index is 11.5. The second-order valence-electron chi connectivity index (χ2n) is 5.01. The van der Waals surface area contributed by atoms with Crippen molar-refractivity contribution in [3.63, 3.8) is 0 Å². The number of likely N-dealkylation sites (tertiary alicyclic amines) is 1. The van der Waals surface area contributed by atoms with Crippen LogP contribution in [0.5, 0.6) is 0 Å². The Labute approximate surface area is 119 Å². The first kappa shape index (κ1) is 14.7. The zero-order valence-corrected chi connectivity index (χ0v) is 12.1. The number of amides is 1. The van der Waals surface area contributed by atoms with E-state index in [2.05, 4.69) is 15.3 Å². The molecule has 20 heavy (non-hydrogen) atoms.